The molecule has 0 saturated heterocycles. The van der Waals surface area contributed by atoms with Gasteiger partial charge < -0.3 is 4.42 Å². The number of furan rings is 1. The third-order valence-corrected chi connectivity index (χ3v) is 10.8. The van der Waals surface area contributed by atoms with Crippen molar-refractivity contribution in [1.82, 2.24) is 9.97 Å². The molecule has 234 valence electrons. The molecule has 3 nitrogen and oxygen atoms in total. The van der Waals surface area contributed by atoms with Crippen LogP contribution in [0.4, 0.5) is 0 Å². The van der Waals surface area contributed by atoms with Gasteiger partial charge in [-0.3, -0.25) is 0 Å². The largest absolute Gasteiger partial charge is 0.438 e. The van der Waals surface area contributed by atoms with E-state index in [2.05, 4.69) is 133 Å². The number of aromatic nitrogens is 2. The van der Waals surface area contributed by atoms with Gasteiger partial charge in [0.05, 0.1) is 11.1 Å². The highest BCUT2D eigenvalue weighted by Crippen LogP contribution is 2.41. The summed E-state index contributed by atoms with van der Waals surface area (Å²) < 4.78 is 8.94. The van der Waals surface area contributed by atoms with Gasteiger partial charge in [-0.15, -0.1) is 11.3 Å². The maximum Gasteiger partial charge on any atom is 0.231 e. The third-order valence-electron chi connectivity index (χ3n) is 9.54. The van der Waals surface area contributed by atoms with Gasteiger partial charge in [-0.2, -0.15) is 4.98 Å². The number of benzene rings is 7. The summed E-state index contributed by atoms with van der Waals surface area (Å²) in [6.07, 6.45) is 0. The zero-order valence-corrected chi connectivity index (χ0v) is 27.7. The number of nitrogens with zero attached hydrogens (tertiary/aromatic N) is 2. The molecule has 0 aliphatic rings. The average molecular weight is 657 g/mol. The van der Waals surface area contributed by atoms with E-state index in [0.717, 1.165) is 44.3 Å². The quantitative estimate of drug-likeness (QED) is 0.185. The SMILES string of the molecule is c1ccc(-c2nc(-c3cccc(-c4cccc(-c5ccc(-c6cccc7c6sc6ccccc67)cc5)c4)c3)nc3oc4ccccc4c23)cc1. The van der Waals surface area contributed by atoms with Gasteiger partial charge in [0.15, 0.2) is 5.82 Å². The topological polar surface area (TPSA) is 38.9 Å². The van der Waals surface area contributed by atoms with Crippen molar-refractivity contribution in [3.63, 3.8) is 0 Å². The Kier molecular flexibility index (Phi) is 6.68. The van der Waals surface area contributed by atoms with Crippen molar-refractivity contribution in [2.24, 2.45) is 0 Å². The summed E-state index contributed by atoms with van der Waals surface area (Å²) in [6, 6.07) is 59.8. The van der Waals surface area contributed by atoms with E-state index in [1.165, 1.54) is 42.4 Å². The van der Waals surface area contributed by atoms with Gasteiger partial charge in [0, 0.05) is 36.7 Å². The molecule has 0 amide bonds. The summed E-state index contributed by atoms with van der Waals surface area (Å²) in [7, 11) is 0. The van der Waals surface area contributed by atoms with Crippen molar-refractivity contribution in [3.05, 3.63) is 170 Å². The summed E-state index contributed by atoms with van der Waals surface area (Å²) in [5.74, 6) is 0.637. The standard InChI is InChI=1S/C46H28N2OS/c1-2-11-31(12-3-1)43-42-39-18-4-6-21-40(39)49-46(42)48-45(47-43)35-16-9-15-34(28-35)33-14-8-13-32(27-33)29-23-25-30(26-24-29)36-19-10-20-38-37-17-5-7-22-41(37)50-44(36)38/h1-28H. The summed E-state index contributed by atoms with van der Waals surface area (Å²) in [6.45, 7) is 0. The molecule has 3 heterocycles. The highest BCUT2D eigenvalue weighted by atomic mass is 32.1. The lowest BCUT2D eigenvalue weighted by atomic mass is 9.96. The summed E-state index contributed by atoms with van der Waals surface area (Å²) in [5, 5.41) is 4.60. The van der Waals surface area contributed by atoms with Crippen molar-refractivity contribution >= 4 is 53.6 Å². The molecular formula is C46H28N2OS. The predicted molar refractivity (Wildman–Crippen MR) is 209 cm³/mol. The summed E-state index contributed by atoms with van der Waals surface area (Å²) in [4.78, 5) is 10.1. The lowest BCUT2D eigenvalue weighted by Gasteiger charge is -2.10. The number of thiophene rings is 1. The maximum atomic E-state index is 6.28. The van der Waals surface area contributed by atoms with E-state index in [1.54, 1.807) is 0 Å². The van der Waals surface area contributed by atoms with Gasteiger partial charge in [0.1, 0.15) is 5.58 Å². The Morgan fingerprint density at radius 1 is 0.420 bits per heavy atom. The van der Waals surface area contributed by atoms with Gasteiger partial charge in [-0.05, 0) is 57.6 Å². The molecule has 0 unspecified atom stereocenters. The van der Waals surface area contributed by atoms with E-state index in [0.29, 0.717) is 11.5 Å². The molecule has 3 aromatic heterocycles. The fourth-order valence-corrected chi connectivity index (χ4v) is 8.33. The highest BCUT2D eigenvalue weighted by Gasteiger charge is 2.18. The van der Waals surface area contributed by atoms with Gasteiger partial charge in [0.2, 0.25) is 5.71 Å². The van der Waals surface area contributed by atoms with E-state index in [-0.39, 0.29) is 0 Å². The Bertz CT molecular complexity index is 2870. The van der Waals surface area contributed by atoms with Crippen molar-refractivity contribution in [2.45, 2.75) is 0 Å². The second-order valence-corrected chi connectivity index (χ2v) is 13.6. The monoisotopic (exact) mass is 656 g/mol. The predicted octanol–water partition coefficient (Wildman–Crippen LogP) is 13.1. The molecule has 10 rings (SSSR count). The second kappa shape index (κ2) is 11.7. The minimum absolute atomic E-state index is 0.592. The first-order valence-corrected chi connectivity index (χ1v) is 17.6. The summed E-state index contributed by atoms with van der Waals surface area (Å²) in [5.41, 5.74) is 11.3. The first-order chi connectivity index (χ1) is 24.8. The number of rotatable bonds is 5. The number of hydrogen-bond acceptors (Lipinski definition) is 4. The Labute approximate surface area is 292 Å². The van der Waals surface area contributed by atoms with Crippen LogP contribution in [-0.2, 0) is 0 Å². The molecule has 0 aliphatic heterocycles. The molecule has 0 atom stereocenters. The second-order valence-electron chi connectivity index (χ2n) is 12.6. The van der Waals surface area contributed by atoms with Crippen LogP contribution in [0.2, 0.25) is 0 Å². The van der Waals surface area contributed by atoms with E-state index >= 15 is 0 Å². The molecule has 0 saturated carbocycles. The van der Waals surface area contributed by atoms with Crippen molar-refractivity contribution in [3.8, 4) is 56.0 Å². The molecule has 0 bridgehead atoms. The van der Waals surface area contributed by atoms with E-state index in [4.69, 9.17) is 14.4 Å². The highest BCUT2D eigenvalue weighted by molar-refractivity contribution is 7.26. The number of para-hydroxylation sites is 1. The van der Waals surface area contributed by atoms with Crippen LogP contribution in [0.15, 0.2) is 174 Å². The van der Waals surface area contributed by atoms with Crippen LogP contribution in [0, 0.1) is 0 Å². The van der Waals surface area contributed by atoms with Gasteiger partial charge in [-0.1, -0.05) is 146 Å². The molecule has 0 fully saturated rings. The van der Waals surface area contributed by atoms with Gasteiger partial charge >= 0.3 is 0 Å². The lowest BCUT2D eigenvalue weighted by molar-refractivity contribution is 0.653. The van der Waals surface area contributed by atoms with Crippen LogP contribution in [0.1, 0.15) is 0 Å². The Morgan fingerprint density at radius 3 is 1.84 bits per heavy atom. The molecule has 10 aromatic rings. The fraction of sp³-hybridized carbons (Fsp3) is 0. The molecule has 0 spiro atoms. The zero-order valence-electron chi connectivity index (χ0n) is 26.9. The molecule has 7 aromatic carbocycles. The van der Waals surface area contributed by atoms with Crippen LogP contribution in [0.3, 0.4) is 0 Å². The van der Waals surface area contributed by atoms with E-state index in [1.807, 2.05) is 47.7 Å². The van der Waals surface area contributed by atoms with Crippen LogP contribution < -0.4 is 0 Å². The minimum Gasteiger partial charge on any atom is -0.438 e. The van der Waals surface area contributed by atoms with Crippen LogP contribution in [0.25, 0.3) is 98.3 Å². The first kappa shape index (κ1) is 28.6. The van der Waals surface area contributed by atoms with E-state index < -0.39 is 0 Å². The van der Waals surface area contributed by atoms with Crippen LogP contribution >= 0.6 is 11.3 Å². The number of hydrogen-bond donors (Lipinski definition) is 0. The molecular weight excluding hydrogens is 629 g/mol. The van der Waals surface area contributed by atoms with Crippen molar-refractivity contribution in [1.29, 1.82) is 0 Å². The summed E-state index contributed by atoms with van der Waals surface area (Å²) >= 11 is 1.87. The van der Waals surface area contributed by atoms with Gasteiger partial charge in [-0.25, -0.2) is 4.98 Å². The van der Waals surface area contributed by atoms with Crippen LogP contribution in [0.5, 0.6) is 0 Å². The third kappa shape index (κ3) is 4.80. The molecule has 4 heteroatoms. The Balaban J connectivity index is 1.01. The van der Waals surface area contributed by atoms with Crippen LogP contribution in [-0.4, -0.2) is 9.97 Å². The Hall–Kier alpha value is -6.36. The van der Waals surface area contributed by atoms with Crippen molar-refractivity contribution < 1.29 is 4.42 Å². The lowest BCUT2D eigenvalue weighted by Crippen LogP contribution is -1.94. The van der Waals surface area contributed by atoms with Gasteiger partial charge in [0.25, 0.3) is 0 Å². The molecule has 50 heavy (non-hydrogen) atoms. The number of fused-ring (bicyclic) bond motifs is 6. The molecule has 0 radical (unpaired) electrons. The Morgan fingerprint density at radius 2 is 1.02 bits per heavy atom. The smallest absolute Gasteiger partial charge is 0.231 e. The minimum atomic E-state index is 0.592. The van der Waals surface area contributed by atoms with Crippen molar-refractivity contribution in [2.75, 3.05) is 0 Å². The average Bonchev–Trinajstić information content (AvgIpc) is 3.77. The molecule has 0 N–H and O–H groups in total. The zero-order chi connectivity index (χ0) is 33.0. The fourth-order valence-electron chi connectivity index (χ4n) is 7.09. The normalized spacial score (nSPS) is 11.6. The van der Waals surface area contributed by atoms with E-state index in [9.17, 15) is 0 Å². The maximum absolute atomic E-state index is 6.28. The first-order valence-electron chi connectivity index (χ1n) is 16.7. The molecule has 0 aliphatic carbocycles.